The van der Waals surface area contributed by atoms with E-state index in [2.05, 4.69) is 31.2 Å². The molecule has 0 aromatic carbocycles. The molecule has 2 aromatic rings. The van der Waals surface area contributed by atoms with Crippen molar-refractivity contribution < 1.29 is 4.79 Å². The van der Waals surface area contributed by atoms with E-state index in [9.17, 15) is 9.59 Å². The van der Waals surface area contributed by atoms with Crippen LogP contribution in [0.5, 0.6) is 0 Å². The Morgan fingerprint density at radius 3 is 2.73 bits per heavy atom. The molecule has 164 valence electrons. The largest absolute Gasteiger partial charge is 0.353 e. The summed E-state index contributed by atoms with van der Waals surface area (Å²) in [7, 11) is 0. The van der Waals surface area contributed by atoms with Gasteiger partial charge in [0.05, 0.1) is 17.8 Å². The van der Waals surface area contributed by atoms with Crippen molar-refractivity contribution in [2.45, 2.75) is 90.0 Å². The van der Waals surface area contributed by atoms with E-state index in [0.717, 1.165) is 12.8 Å². The van der Waals surface area contributed by atoms with Gasteiger partial charge in [-0.25, -0.2) is 9.67 Å². The van der Waals surface area contributed by atoms with Gasteiger partial charge in [-0.15, -0.1) is 0 Å². The Bertz CT molecular complexity index is 1030. The number of carbonyl (C=O) groups excluding carboxylic acids is 1. The van der Waals surface area contributed by atoms with Crippen LogP contribution in [0.3, 0.4) is 0 Å². The van der Waals surface area contributed by atoms with Gasteiger partial charge in [0.2, 0.25) is 5.91 Å². The van der Waals surface area contributed by atoms with Crippen molar-refractivity contribution >= 4 is 28.7 Å². The number of rotatable bonds is 3. The van der Waals surface area contributed by atoms with Crippen molar-refractivity contribution in [2.75, 3.05) is 5.75 Å². The molecule has 3 unspecified atom stereocenters. The van der Waals surface area contributed by atoms with Crippen LogP contribution in [0.25, 0.3) is 11.0 Å². The van der Waals surface area contributed by atoms with Crippen LogP contribution in [0.1, 0.15) is 73.3 Å². The summed E-state index contributed by atoms with van der Waals surface area (Å²) >= 11 is 1.55. The van der Waals surface area contributed by atoms with E-state index >= 15 is 0 Å². The molecule has 30 heavy (non-hydrogen) atoms. The molecule has 2 aromatic heterocycles. The highest BCUT2D eigenvalue weighted by Crippen LogP contribution is 2.39. The third kappa shape index (κ3) is 4.03. The highest BCUT2D eigenvalue weighted by molar-refractivity contribution is 7.99. The van der Waals surface area contributed by atoms with E-state index in [0.29, 0.717) is 34.3 Å². The molecule has 1 saturated carbocycles. The molecule has 3 heterocycles. The summed E-state index contributed by atoms with van der Waals surface area (Å²) in [4.78, 5) is 30.8. The van der Waals surface area contributed by atoms with E-state index < -0.39 is 0 Å². The number of hydrogen-bond acceptors (Lipinski definition) is 5. The molecule has 1 N–H and O–H groups in total. The second-order valence-electron chi connectivity index (χ2n) is 10.9. The first-order valence-electron chi connectivity index (χ1n) is 10.9. The molecule has 1 aliphatic carbocycles. The van der Waals surface area contributed by atoms with Crippen molar-refractivity contribution in [3.8, 4) is 0 Å². The zero-order valence-electron chi connectivity index (χ0n) is 18.9. The van der Waals surface area contributed by atoms with Crippen LogP contribution in [-0.2, 0) is 10.3 Å². The smallest absolute Gasteiger partial charge is 0.265 e. The van der Waals surface area contributed by atoms with Crippen molar-refractivity contribution in [1.29, 1.82) is 0 Å². The van der Waals surface area contributed by atoms with Gasteiger partial charge >= 0.3 is 0 Å². The minimum Gasteiger partial charge on any atom is -0.353 e. The van der Waals surface area contributed by atoms with Gasteiger partial charge in [-0.3, -0.25) is 14.2 Å². The first-order valence-corrected chi connectivity index (χ1v) is 11.9. The number of amides is 1. The van der Waals surface area contributed by atoms with E-state index in [1.54, 1.807) is 27.2 Å². The molecule has 4 rings (SSSR count). The SMILES string of the molecule is CC1CC(NC(=O)CC2CSc3nc4c(cnn4C(C)(C)C)c(=O)n32)CC(C)(C)C1. The minimum absolute atomic E-state index is 0.0285. The third-order valence-electron chi connectivity index (χ3n) is 6.18. The standard InChI is InChI=1S/C22H33N5O2S/c1-13-7-14(10-22(5,6)9-13)24-17(28)8-15-12-30-20-25-18-16(19(29)26(15)20)11-23-27(18)21(2,3)4/h11,13-15H,7-10,12H2,1-6H3,(H,24,28). The third-order valence-corrected chi connectivity index (χ3v) is 7.28. The lowest BCUT2D eigenvalue weighted by atomic mass is 9.70. The Kier molecular flexibility index (Phi) is 5.27. The molecular weight excluding hydrogens is 398 g/mol. The molecule has 1 aliphatic heterocycles. The van der Waals surface area contributed by atoms with E-state index in [4.69, 9.17) is 4.98 Å². The summed E-state index contributed by atoms with van der Waals surface area (Å²) < 4.78 is 3.51. The quantitative estimate of drug-likeness (QED) is 0.749. The molecule has 2 aliphatic rings. The fourth-order valence-corrected chi connectivity index (χ4v) is 6.36. The molecule has 1 amide bonds. The number of nitrogens with zero attached hydrogens (tertiary/aromatic N) is 4. The number of hydrogen-bond donors (Lipinski definition) is 1. The number of fused-ring (bicyclic) bond motifs is 2. The highest BCUT2D eigenvalue weighted by Gasteiger charge is 2.34. The lowest BCUT2D eigenvalue weighted by Crippen LogP contribution is -2.43. The van der Waals surface area contributed by atoms with Crippen LogP contribution < -0.4 is 10.9 Å². The number of aromatic nitrogens is 4. The number of carbonyl (C=O) groups is 1. The molecule has 0 bridgehead atoms. The number of thioether (sulfide) groups is 1. The maximum absolute atomic E-state index is 13.2. The average molecular weight is 432 g/mol. The zero-order valence-corrected chi connectivity index (χ0v) is 19.7. The zero-order chi connectivity index (χ0) is 21.8. The molecular formula is C22H33N5O2S. The molecule has 0 saturated heterocycles. The van der Waals surface area contributed by atoms with Crippen molar-refractivity contribution in [3.05, 3.63) is 16.6 Å². The normalized spacial score (nSPS) is 26.0. The lowest BCUT2D eigenvalue weighted by Gasteiger charge is -2.39. The summed E-state index contributed by atoms with van der Waals surface area (Å²) in [6, 6.07) is 0.0496. The van der Waals surface area contributed by atoms with Gasteiger partial charge in [0.25, 0.3) is 5.56 Å². The van der Waals surface area contributed by atoms with Gasteiger partial charge in [-0.2, -0.15) is 5.10 Å². The average Bonchev–Trinajstić information content (AvgIpc) is 3.17. The molecule has 7 nitrogen and oxygen atoms in total. The molecule has 3 atom stereocenters. The summed E-state index contributed by atoms with van der Waals surface area (Å²) in [6.45, 7) is 12.9. The Hall–Kier alpha value is -1.83. The summed E-state index contributed by atoms with van der Waals surface area (Å²) in [5, 5.41) is 8.85. The van der Waals surface area contributed by atoms with Gasteiger partial charge in [0, 0.05) is 18.2 Å². The fraction of sp³-hybridized carbons (Fsp3) is 0.727. The van der Waals surface area contributed by atoms with Gasteiger partial charge in [0.1, 0.15) is 5.39 Å². The van der Waals surface area contributed by atoms with Crippen LogP contribution >= 0.6 is 11.8 Å². The van der Waals surface area contributed by atoms with Crippen molar-refractivity contribution in [2.24, 2.45) is 11.3 Å². The molecule has 8 heteroatoms. The summed E-state index contributed by atoms with van der Waals surface area (Å²) in [5.74, 6) is 1.33. The van der Waals surface area contributed by atoms with E-state index in [1.165, 1.54) is 6.42 Å². The van der Waals surface area contributed by atoms with Crippen molar-refractivity contribution in [3.63, 3.8) is 0 Å². The van der Waals surface area contributed by atoms with Gasteiger partial charge in [-0.1, -0.05) is 32.5 Å². The van der Waals surface area contributed by atoms with E-state index in [-0.39, 0.29) is 34.5 Å². The van der Waals surface area contributed by atoms with E-state index in [1.807, 2.05) is 20.8 Å². The predicted molar refractivity (Wildman–Crippen MR) is 120 cm³/mol. The maximum Gasteiger partial charge on any atom is 0.265 e. The van der Waals surface area contributed by atoms with Crippen LogP contribution in [0.4, 0.5) is 0 Å². The molecule has 1 fully saturated rings. The predicted octanol–water partition coefficient (Wildman–Crippen LogP) is 3.72. The van der Waals surface area contributed by atoms with Gasteiger partial charge in [0.15, 0.2) is 10.8 Å². The Morgan fingerprint density at radius 2 is 2.07 bits per heavy atom. The van der Waals surface area contributed by atoms with Crippen molar-refractivity contribution in [1.82, 2.24) is 24.6 Å². The fourth-order valence-electron chi connectivity index (χ4n) is 5.23. The summed E-state index contributed by atoms with van der Waals surface area (Å²) in [6.07, 6.45) is 5.15. The van der Waals surface area contributed by atoms with Crippen LogP contribution in [0, 0.1) is 11.3 Å². The van der Waals surface area contributed by atoms with Crippen LogP contribution in [0.15, 0.2) is 16.1 Å². The molecule has 0 spiro atoms. The summed E-state index contributed by atoms with van der Waals surface area (Å²) in [5.41, 5.74) is 0.522. The van der Waals surface area contributed by atoms with Gasteiger partial charge in [-0.05, 0) is 51.4 Å². The Morgan fingerprint density at radius 1 is 1.33 bits per heavy atom. The molecule has 0 radical (unpaired) electrons. The lowest BCUT2D eigenvalue weighted by molar-refractivity contribution is -0.123. The number of nitrogens with one attached hydrogen (secondary N) is 1. The first-order chi connectivity index (χ1) is 13.9. The Balaban J connectivity index is 1.54. The van der Waals surface area contributed by atoms with Crippen LogP contribution in [-0.4, -0.2) is 37.0 Å². The van der Waals surface area contributed by atoms with Gasteiger partial charge < -0.3 is 5.32 Å². The second kappa shape index (κ2) is 7.39. The Labute approximate surface area is 182 Å². The monoisotopic (exact) mass is 431 g/mol. The second-order valence-corrected chi connectivity index (χ2v) is 11.9. The highest BCUT2D eigenvalue weighted by atomic mass is 32.2. The first kappa shape index (κ1) is 21.4. The maximum atomic E-state index is 13.2. The minimum atomic E-state index is -0.256. The topological polar surface area (TPSA) is 81.8 Å². The van der Waals surface area contributed by atoms with Crippen LogP contribution in [0.2, 0.25) is 0 Å².